The van der Waals surface area contributed by atoms with Gasteiger partial charge in [0.1, 0.15) is 11.8 Å². The summed E-state index contributed by atoms with van der Waals surface area (Å²) in [4.78, 5) is 4.61. The van der Waals surface area contributed by atoms with Crippen LogP contribution in [0.15, 0.2) is 40.9 Å². The summed E-state index contributed by atoms with van der Waals surface area (Å²) >= 11 is 0. The minimum absolute atomic E-state index is 0.0109. The first-order chi connectivity index (χ1) is 14.6. The van der Waals surface area contributed by atoms with Crippen LogP contribution >= 0.6 is 0 Å². The molecule has 0 fully saturated rings. The molecule has 4 rings (SSSR count). The van der Waals surface area contributed by atoms with Crippen LogP contribution in [-0.4, -0.2) is 29.0 Å². The predicted octanol–water partition coefficient (Wildman–Crippen LogP) is 4.96. The Kier molecular flexibility index (Phi) is 5.82. The zero-order chi connectivity index (χ0) is 21.1. The molecule has 1 heterocycles. The van der Waals surface area contributed by atoms with Crippen molar-refractivity contribution < 1.29 is 14.0 Å². The van der Waals surface area contributed by atoms with Crippen molar-refractivity contribution >= 4 is 0 Å². The van der Waals surface area contributed by atoms with E-state index in [9.17, 15) is 5.26 Å². The van der Waals surface area contributed by atoms with Crippen LogP contribution in [0.3, 0.4) is 0 Å². The number of aromatic nitrogens is 2. The van der Waals surface area contributed by atoms with Crippen LogP contribution < -0.4 is 4.74 Å². The number of benzene rings is 2. The van der Waals surface area contributed by atoms with E-state index in [1.165, 1.54) is 11.1 Å². The van der Waals surface area contributed by atoms with E-state index >= 15 is 0 Å². The third kappa shape index (κ3) is 4.07. The smallest absolute Gasteiger partial charge is 0.258 e. The van der Waals surface area contributed by atoms with E-state index in [2.05, 4.69) is 29.2 Å². The second-order valence-electron chi connectivity index (χ2n) is 7.76. The van der Waals surface area contributed by atoms with E-state index < -0.39 is 0 Å². The Labute approximate surface area is 176 Å². The zero-order valence-electron chi connectivity index (χ0n) is 17.5. The molecule has 1 unspecified atom stereocenters. The van der Waals surface area contributed by atoms with Gasteiger partial charge in [0.15, 0.2) is 0 Å². The molecule has 0 radical (unpaired) electrons. The van der Waals surface area contributed by atoms with Crippen molar-refractivity contribution in [3.05, 3.63) is 53.1 Å². The summed E-state index contributed by atoms with van der Waals surface area (Å²) in [6, 6.07) is 13.7. The molecular weight excluding hydrogens is 378 g/mol. The molecule has 1 atom stereocenters. The average Bonchev–Trinajstić information content (AvgIpc) is 3.39. The van der Waals surface area contributed by atoms with Crippen molar-refractivity contribution in [1.29, 1.82) is 5.26 Å². The Morgan fingerprint density at radius 3 is 2.87 bits per heavy atom. The number of nitriles is 1. The van der Waals surface area contributed by atoms with Gasteiger partial charge in [0.05, 0.1) is 17.8 Å². The Hall–Kier alpha value is -3.17. The fourth-order valence-electron chi connectivity index (χ4n) is 3.78. The fourth-order valence-corrected chi connectivity index (χ4v) is 3.78. The lowest BCUT2D eigenvalue weighted by Gasteiger charge is -2.11. The van der Waals surface area contributed by atoms with Crippen LogP contribution in [0.5, 0.6) is 5.75 Å². The molecule has 154 valence electrons. The molecule has 6 heteroatoms. The Bertz CT molecular complexity index is 1080. The maximum Gasteiger partial charge on any atom is 0.258 e. The van der Waals surface area contributed by atoms with Gasteiger partial charge in [0.25, 0.3) is 5.89 Å². The van der Waals surface area contributed by atoms with Gasteiger partial charge in [0.2, 0.25) is 5.82 Å². The van der Waals surface area contributed by atoms with Crippen molar-refractivity contribution in [1.82, 2.24) is 10.1 Å². The largest absolute Gasteiger partial charge is 0.490 e. The highest BCUT2D eigenvalue weighted by Crippen LogP contribution is 2.34. The van der Waals surface area contributed by atoms with E-state index in [0.717, 1.165) is 31.4 Å². The molecule has 6 nitrogen and oxygen atoms in total. The van der Waals surface area contributed by atoms with Gasteiger partial charge in [-0.2, -0.15) is 10.2 Å². The molecule has 30 heavy (non-hydrogen) atoms. The minimum atomic E-state index is -0.0109. The van der Waals surface area contributed by atoms with Gasteiger partial charge in [0, 0.05) is 17.7 Å². The molecule has 0 bridgehead atoms. The lowest BCUT2D eigenvalue weighted by atomic mass is 10.0. The molecule has 2 aromatic carbocycles. The Morgan fingerprint density at radius 1 is 1.23 bits per heavy atom. The van der Waals surface area contributed by atoms with Gasteiger partial charge in [-0.3, -0.25) is 0 Å². The van der Waals surface area contributed by atoms with Gasteiger partial charge in [-0.1, -0.05) is 30.3 Å². The van der Waals surface area contributed by atoms with Crippen LogP contribution in [-0.2, 0) is 17.6 Å². The van der Waals surface area contributed by atoms with E-state index in [-0.39, 0.29) is 12.2 Å². The number of fused-ring (bicyclic) bond motifs is 1. The third-order valence-corrected chi connectivity index (χ3v) is 5.09. The molecule has 0 aliphatic heterocycles. The summed E-state index contributed by atoms with van der Waals surface area (Å²) in [7, 11) is 0. The highest BCUT2D eigenvalue weighted by atomic mass is 16.5. The molecule has 0 amide bonds. The Morgan fingerprint density at radius 2 is 2.10 bits per heavy atom. The predicted molar refractivity (Wildman–Crippen MR) is 113 cm³/mol. The summed E-state index contributed by atoms with van der Waals surface area (Å²) in [6.07, 6.45) is 2.98. The summed E-state index contributed by atoms with van der Waals surface area (Å²) in [6.45, 7) is 6.75. The van der Waals surface area contributed by atoms with Crippen LogP contribution in [0.4, 0.5) is 0 Å². The van der Waals surface area contributed by atoms with E-state index in [4.69, 9.17) is 14.0 Å². The standard InChI is InChI=1S/C24H25N3O3/c1-4-10-28-19-12-16-6-5-7-20(21(16)13-19)23-26-24(30-27-23)17-8-9-22(29-15(2)3)18(11-17)14-25/h5-9,11,15,19H,4,10,12-13H2,1-3H3. The van der Waals surface area contributed by atoms with Crippen molar-refractivity contribution in [2.75, 3.05) is 6.61 Å². The van der Waals surface area contributed by atoms with Crippen LogP contribution in [0.2, 0.25) is 0 Å². The monoisotopic (exact) mass is 403 g/mol. The molecule has 0 spiro atoms. The average molecular weight is 403 g/mol. The molecule has 0 saturated heterocycles. The number of ether oxygens (including phenoxy) is 2. The highest BCUT2D eigenvalue weighted by molar-refractivity contribution is 5.67. The molecule has 1 aromatic heterocycles. The number of hydrogen-bond donors (Lipinski definition) is 0. The molecule has 1 aliphatic rings. The molecule has 0 saturated carbocycles. The zero-order valence-corrected chi connectivity index (χ0v) is 17.5. The van der Waals surface area contributed by atoms with Crippen LogP contribution in [0.1, 0.15) is 43.9 Å². The van der Waals surface area contributed by atoms with Crippen LogP contribution in [0, 0.1) is 11.3 Å². The summed E-state index contributed by atoms with van der Waals surface area (Å²) in [5.41, 5.74) is 4.62. The third-order valence-electron chi connectivity index (χ3n) is 5.09. The van der Waals surface area contributed by atoms with Gasteiger partial charge in [-0.05, 0) is 62.4 Å². The lowest BCUT2D eigenvalue weighted by molar-refractivity contribution is 0.0613. The first-order valence-electron chi connectivity index (χ1n) is 10.4. The summed E-state index contributed by atoms with van der Waals surface area (Å²) in [5.74, 6) is 1.49. The maximum absolute atomic E-state index is 9.47. The SMILES string of the molecule is CCCOC1Cc2cccc(-c3noc(-c4ccc(OC(C)C)c(C#N)c4)n3)c2C1. The Balaban J connectivity index is 1.61. The van der Waals surface area contributed by atoms with Crippen molar-refractivity contribution in [2.45, 2.75) is 52.2 Å². The quantitative estimate of drug-likeness (QED) is 0.555. The van der Waals surface area contributed by atoms with Crippen molar-refractivity contribution in [3.8, 4) is 34.7 Å². The fraction of sp³-hybridized carbons (Fsp3) is 0.375. The first-order valence-corrected chi connectivity index (χ1v) is 10.4. The van der Waals surface area contributed by atoms with Gasteiger partial charge in [-0.25, -0.2) is 0 Å². The number of nitrogens with zero attached hydrogens (tertiary/aromatic N) is 3. The number of hydrogen-bond acceptors (Lipinski definition) is 6. The molecule has 3 aromatic rings. The molecule has 0 N–H and O–H groups in total. The van der Waals surface area contributed by atoms with Gasteiger partial charge >= 0.3 is 0 Å². The van der Waals surface area contributed by atoms with Crippen LogP contribution in [0.25, 0.3) is 22.8 Å². The number of rotatable bonds is 7. The second-order valence-corrected chi connectivity index (χ2v) is 7.76. The van der Waals surface area contributed by atoms with Gasteiger partial charge in [-0.15, -0.1) is 0 Å². The van der Waals surface area contributed by atoms with Gasteiger partial charge < -0.3 is 14.0 Å². The topological polar surface area (TPSA) is 81.2 Å². The first kappa shape index (κ1) is 20.1. The molecule has 1 aliphatic carbocycles. The van der Waals surface area contributed by atoms with Crippen molar-refractivity contribution in [2.24, 2.45) is 0 Å². The normalized spacial score (nSPS) is 15.2. The highest BCUT2D eigenvalue weighted by Gasteiger charge is 2.26. The van der Waals surface area contributed by atoms with E-state index in [1.807, 2.05) is 32.0 Å². The van der Waals surface area contributed by atoms with E-state index in [1.54, 1.807) is 12.1 Å². The minimum Gasteiger partial charge on any atom is -0.490 e. The lowest BCUT2D eigenvalue weighted by Crippen LogP contribution is -2.13. The summed E-state index contributed by atoms with van der Waals surface area (Å²) < 4.78 is 17.2. The van der Waals surface area contributed by atoms with Crippen molar-refractivity contribution in [3.63, 3.8) is 0 Å². The maximum atomic E-state index is 9.47. The van der Waals surface area contributed by atoms with E-state index in [0.29, 0.717) is 28.6 Å². The molecular formula is C24H25N3O3. The second kappa shape index (κ2) is 8.68. The summed E-state index contributed by atoms with van der Waals surface area (Å²) in [5, 5.41) is 13.7.